The second-order valence-electron chi connectivity index (χ2n) is 7.47. The maximum atomic E-state index is 13.2. The normalized spacial score (nSPS) is 17.4. The summed E-state index contributed by atoms with van der Waals surface area (Å²) in [5.41, 5.74) is 3.79. The molecule has 1 unspecified atom stereocenters. The van der Waals surface area contributed by atoms with Gasteiger partial charge in [-0.15, -0.1) is 0 Å². The Morgan fingerprint density at radius 3 is 2.93 bits per heavy atom. The van der Waals surface area contributed by atoms with Crippen LogP contribution in [-0.4, -0.2) is 38.4 Å². The van der Waals surface area contributed by atoms with Gasteiger partial charge >= 0.3 is 0 Å². The molecule has 1 fully saturated rings. The highest BCUT2D eigenvalue weighted by molar-refractivity contribution is 5.98. The molecule has 27 heavy (non-hydrogen) atoms. The molecular formula is C22H26N4O. The first-order chi connectivity index (χ1) is 13.1. The fourth-order valence-electron chi connectivity index (χ4n) is 4.21. The van der Waals surface area contributed by atoms with E-state index in [4.69, 9.17) is 0 Å². The molecule has 3 heterocycles. The fraction of sp³-hybridized carbons (Fsp3) is 0.409. The smallest absolute Gasteiger partial charge is 0.253 e. The van der Waals surface area contributed by atoms with E-state index < -0.39 is 0 Å². The van der Waals surface area contributed by atoms with Gasteiger partial charge in [0.25, 0.3) is 5.91 Å². The van der Waals surface area contributed by atoms with Crippen LogP contribution in [0.3, 0.4) is 0 Å². The SMILES string of the molecule is CCn1ccnc1C1CCCN(C(=O)c2ccc3c(C)cc(C)nc3c2)C1. The van der Waals surface area contributed by atoms with Crippen molar-refractivity contribution >= 4 is 16.8 Å². The predicted molar refractivity (Wildman–Crippen MR) is 107 cm³/mol. The topological polar surface area (TPSA) is 51.0 Å². The molecule has 1 saturated heterocycles. The Kier molecular flexibility index (Phi) is 4.68. The van der Waals surface area contributed by atoms with Crippen LogP contribution in [0.1, 0.15) is 53.1 Å². The number of fused-ring (bicyclic) bond motifs is 1. The number of aryl methyl sites for hydroxylation is 3. The average molecular weight is 362 g/mol. The average Bonchev–Trinajstić information content (AvgIpc) is 3.15. The number of aromatic nitrogens is 3. The summed E-state index contributed by atoms with van der Waals surface area (Å²) in [4.78, 5) is 24.3. The van der Waals surface area contributed by atoms with E-state index >= 15 is 0 Å². The van der Waals surface area contributed by atoms with Gasteiger partial charge in [-0.2, -0.15) is 0 Å². The zero-order valence-corrected chi connectivity index (χ0v) is 16.3. The van der Waals surface area contributed by atoms with Gasteiger partial charge < -0.3 is 9.47 Å². The predicted octanol–water partition coefficient (Wildman–Crippen LogP) is 4.09. The van der Waals surface area contributed by atoms with Crippen LogP contribution in [0.2, 0.25) is 0 Å². The Morgan fingerprint density at radius 2 is 2.11 bits per heavy atom. The van der Waals surface area contributed by atoms with E-state index in [1.807, 2.05) is 42.4 Å². The van der Waals surface area contributed by atoms with Crippen LogP contribution in [0, 0.1) is 13.8 Å². The minimum Gasteiger partial charge on any atom is -0.338 e. The number of benzene rings is 1. The van der Waals surface area contributed by atoms with Crippen LogP contribution < -0.4 is 0 Å². The lowest BCUT2D eigenvalue weighted by Crippen LogP contribution is -2.39. The molecule has 5 nitrogen and oxygen atoms in total. The van der Waals surface area contributed by atoms with Crippen LogP contribution in [0.15, 0.2) is 36.7 Å². The van der Waals surface area contributed by atoms with Gasteiger partial charge in [0, 0.05) is 54.6 Å². The van der Waals surface area contributed by atoms with Gasteiger partial charge in [-0.1, -0.05) is 6.07 Å². The Balaban J connectivity index is 1.59. The number of hydrogen-bond acceptors (Lipinski definition) is 3. The number of amides is 1. The molecule has 5 heteroatoms. The van der Waals surface area contributed by atoms with Crippen LogP contribution >= 0.6 is 0 Å². The molecule has 1 atom stereocenters. The van der Waals surface area contributed by atoms with Crippen LogP contribution in [0.25, 0.3) is 10.9 Å². The third-order valence-corrected chi connectivity index (χ3v) is 5.55. The van der Waals surface area contributed by atoms with Gasteiger partial charge in [0.1, 0.15) is 5.82 Å². The maximum Gasteiger partial charge on any atom is 0.253 e. The molecule has 3 aromatic rings. The third-order valence-electron chi connectivity index (χ3n) is 5.55. The number of piperidine rings is 1. The van der Waals surface area contributed by atoms with Crippen molar-refractivity contribution in [2.75, 3.05) is 13.1 Å². The second-order valence-corrected chi connectivity index (χ2v) is 7.47. The summed E-state index contributed by atoms with van der Waals surface area (Å²) < 4.78 is 2.18. The van der Waals surface area contributed by atoms with E-state index in [2.05, 4.69) is 34.4 Å². The van der Waals surface area contributed by atoms with Crippen molar-refractivity contribution < 1.29 is 4.79 Å². The van der Waals surface area contributed by atoms with Crippen molar-refractivity contribution in [2.45, 2.75) is 46.1 Å². The number of carbonyl (C=O) groups is 1. The molecule has 0 aliphatic carbocycles. The number of carbonyl (C=O) groups excluding carboxylic acids is 1. The van der Waals surface area contributed by atoms with Gasteiger partial charge in [0.15, 0.2) is 0 Å². The summed E-state index contributed by atoms with van der Waals surface area (Å²) >= 11 is 0. The summed E-state index contributed by atoms with van der Waals surface area (Å²) in [7, 11) is 0. The molecule has 1 aromatic carbocycles. The molecule has 0 N–H and O–H groups in total. The molecule has 140 valence electrons. The Bertz CT molecular complexity index is 991. The molecule has 4 rings (SSSR count). The minimum atomic E-state index is 0.0946. The summed E-state index contributed by atoms with van der Waals surface area (Å²) in [6, 6.07) is 7.98. The number of rotatable bonds is 3. The van der Waals surface area contributed by atoms with Crippen molar-refractivity contribution in [3.63, 3.8) is 0 Å². The van der Waals surface area contributed by atoms with Crippen molar-refractivity contribution in [1.29, 1.82) is 0 Å². The van der Waals surface area contributed by atoms with Gasteiger partial charge in [-0.05, 0) is 57.4 Å². The standard InChI is InChI=1S/C22H26N4O/c1-4-25-11-9-23-21(25)18-6-5-10-26(14-18)22(27)17-7-8-19-15(2)12-16(3)24-20(19)13-17/h7-9,11-13,18H,4-6,10,14H2,1-3H3. The van der Waals surface area contributed by atoms with Crippen molar-refractivity contribution in [1.82, 2.24) is 19.4 Å². The van der Waals surface area contributed by atoms with E-state index in [0.29, 0.717) is 5.92 Å². The third kappa shape index (κ3) is 3.34. The molecule has 0 spiro atoms. The van der Waals surface area contributed by atoms with E-state index in [9.17, 15) is 4.79 Å². The Labute approximate surface area is 160 Å². The quantitative estimate of drug-likeness (QED) is 0.705. The zero-order chi connectivity index (χ0) is 19.0. The van der Waals surface area contributed by atoms with Crippen molar-refractivity contribution in [3.05, 3.63) is 59.3 Å². The highest BCUT2D eigenvalue weighted by atomic mass is 16.2. The van der Waals surface area contributed by atoms with E-state index in [1.54, 1.807) is 0 Å². The molecule has 1 aliphatic heterocycles. The lowest BCUT2D eigenvalue weighted by molar-refractivity contribution is 0.0703. The lowest BCUT2D eigenvalue weighted by atomic mass is 9.96. The molecule has 0 saturated carbocycles. The lowest BCUT2D eigenvalue weighted by Gasteiger charge is -2.32. The highest BCUT2D eigenvalue weighted by Crippen LogP contribution is 2.27. The fourth-order valence-corrected chi connectivity index (χ4v) is 4.21. The van der Waals surface area contributed by atoms with Gasteiger partial charge in [-0.25, -0.2) is 4.98 Å². The summed E-state index contributed by atoms with van der Waals surface area (Å²) in [6.45, 7) is 8.65. The number of pyridine rings is 1. The van der Waals surface area contributed by atoms with Gasteiger partial charge in [0.2, 0.25) is 0 Å². The molecule has 1 aliphatic rings. The molecule has 0 bridgehead atoms. The molecule has 1 amide bonds. The highest BCUT2D eigenvalue weighted by Gasteiger charge is 2.28. The van der Waals surface area contributed by atoms with E-state index in [0.717, 1.165) is 60.5 Å². The van der Waals surface area contributed by atoms with Gasteiger partial charge in [-0.3, -0.25) is 9.78 Å². The minimum absolute atomic E-state index is 0.0946. The largest absolute Gasteiger partial charge is 0.338 e. The van der Waals surface area contributed by atoms with Crippen LogP contribution in [0.5, 0.6) is 0 Å². The molecular weight excluding hydrogens is 336 g/mol. The Hall–Kier alpha value is -2.69. The monoisotopic (exact) mass is 362 g/mol. The van der Waals surface area contributed by atoms with E-state index in [1.165, 1.54) is 5.56 Å². The Morgan fingerprint density at radius 1 is 1.26 bits per heavy atom. The number of nitrogens with zero attached hydrogens (tertiary/aromatic N) is 4. The first kappa shape index (κ1) is 17.7. The molecule has 0 radical (unpaired) electrons. The first-order valence-corrected chi connectivity index (χ1v) is 9.75. The van der Waals surface area contributed by atoms with Crippen LogP contribution in [0.4, 0.5) is 0 Å². The summed E-state index contributed by atoms with van der Waals surface area (Å²) in [5, 5.41) is 1.11. The van der Waals surface area contributed by atoms with Crippen LogP contribution in [-0.2, 0) is 6.54 Å². The van der Waals surface area contributed by atoms with Gasteiger partial charge in [0.05, 0.1) is 5.52 Å². The van der Waals surface area contributed by atoms with E-state index in [-0.39, 0.29) is 5.91 Å². The number of likely N-dealkylation sites (tertiary alicyclic amines) is 1. The maximum absolute atomic E-state index is 13.2. The zero-order valence-electron chi connectivity index (χ0n) is 16.3. The first-order valence-electron chi connectivity index (χ1n) is 9.75. The summed E-state index contributed by atoms with van der Waals surface area (Å²) in [5.74, 6) is 1.50. The number of hydrogen-bond donors (Lipinski definition) is 0. The summed E-state index contributed by atoms with van der Waals surface area (Å²) in [6.07, 6.45) is 5.98. The number of imidazole rings is 1. The van der Waals surface area contributed by atoms with Crippen molar-refractivity contribution in [2.24, 2.45) is 0 Å². The van der Waals surface area contributed by atoms with Crippen molar-refractivity contribution in [3.8, 4) is 0 Å². The second kappa shape index (κ2) is 7.14. The molecule has 2 aromatic heterocycles.